The van der Waals surface area contributed by atoms with Crippen LogP contribution in [0.4, 0.5) is 0 Å². The van der Waals surface area contributed by atoms with Gasteiger partial charge in [-0.15, -0.1) is 0 Å². The summed E-state index contributed by atoms with van der Waals surface area (Å²) in [5, 5.41) is 63.5. The van der Waals surface area contributed by atoms with Crippen LogP contribution in [0.3, 0.4) is 0 Å². The zero-order chi connectivity index (χ0) is 35.8. The number of ketones is 1. The van der Waals surface area contributed by atoms with E-state index in [9.17, 15) is 30.3 Å². The Morgan fingerprint density at radius 3 is 2.56 bits per heavy atom. The number of carbonyl (C=O) groups excluding carboxylic acids is 1. The first-order valence-electron chi connectivity index (χ1n) is 20.6. The molecule has 9 heteroatoms. The lowest BCUT2D eigenvalue weighted by Crippen LogP contribution is -2.66. The van der Waals surface area contributed by atoms with Gasteiger partial charge in [0.05, 0.1) is 42.3 Å². The van der Waals surface area contributed by atoms with Crippen molar-refractivity contribution >= 4 is 5.78 Å². The van der Waals surface area contributed by atoms with Gasteiger partial charge in [0.15, 0.2) is 5.78 Å². The molecule has 16 unspecified atom stereocenters. The normalized spacial score (nSPS) is 49.0. The number of aliphatic hydroxyl groups excluding tert-OH is 3. The van der Waals surface area contributed by atoms with Gasteiger partial charge in [0, 0.05) is 11.3 Å². The maximum absolute atomic E-state index is 14.7. The number of piperidine rings is 1. The molecule has 5 fully saturated rings. The molecule has 9 nitrogen and oxygen atoms in total. The van der Waals surface area contributed by atoms with Crippen molar-refractivity contribution in [2.45, 2.75) is 172 Å². The van der Waals surface area contributed by atoms with Gasteiger partial charge in [0.2, 0.25) is 0 Å². The van der Waals surface area contributed by atoms with Crippen molar-refractivity contribution in [1.82, 2.24) is 5.32 Å². The number of hydrogen-bond donors (Lipinski definition) is 7. The van der Waals surface area contributed by atoms with Gasteiger partial charge in [-0.25, -0.2) is 0 Å². The second kappa shape index (κ2) is 13.7. The summed E-state index contributed by atoms with van der Waals surface area (Å²) in [4.78, 5) is 14.7. The highest BCUT2D eigenvalue weighted by Crippen LogP contribution is 2.74. The number of unbranched alkanes of at least 4 members (excludes halogenated alkanes) is 3. The molecule has 7 aliphatic rings. The average molecular weight is 701 g/mol. The van der Waals surface area contributed by atoms with Gasteiger partial charge in [0.25, 0.3) is 0 Å². The van der Waals surface area contributed by atoms with Gasteiger partial charge in [-0.05, 0) is 143 Å². The van der Waals surface area contributed by atoms with Crippen LogP contribution in [-0.4, -0.2) is 86.3 Å². The molecule has 16 atom stereocenters. The summed E-state index contributed by atoms with van der Waals surface area (Å²) in [7, 11) is 0. The molecule has 5 aliphatic carbocycles. The first kappa shape index (κ1) is 37.4. The fourth-order valence-electron chi connectivity index (χ4n) is 13.4. The van der Waals surface area contributed by atoms with E-state index in [0.717, 1.165) is 62.6 Å². The average Bonchev–Trinajstić information content (AvgIpc) is 3.57. The largest absolute Gasteiger partial charge is 0.390 e. The van der Waals surface area contributed by atoms with Gasteiger partial charge >= 0.3 is 0 Å². The molecule has 0 radical (unpaired) electrons. The summed E-state index contributed by atoms with van der Waals surface area (Å²) in [5.74, 6) is 0.0310. The van der Waals surface area contributed by atoms with Crippen LogP contribution in [0.5, 0.6) is 0 Å². The van der Waals surface area contributed by atoms with Crippen molar-refractivity contribution < 1.29 is 35.1 Å². The van der Waals surface area contributed by atoms with E-state index < -0.39 is 46.4 Å². The minimum atomic E-state index is -1.50. The fraction of sp³-hybridized carbons (Fsp3) is 0.927. The minimum absolute atomic E-state index is 0.0173. The summed E-state index contributed by atoms with van der Waals surface area (Å²) in [6.07, 6.45) is 10.0. The second-order valence-corrected chi connectivity index (χ2v) is 18.8. The zero-order valence-corrected chi connectivity index (χ0v) is 31.3. The number of Topliss-reactive ketones (excluding diaryl/α,β-unsaturated/α-hetero) is 1. The first-order chi connectivity index (χ1) is 23.7. The molecule has 284 valence electrons. The highest BCUT2D eigenvalue weighted by atomic mass is 16.5. The van der Waals surface area contributed by atoms with Crippen molar-refractivity contribution in [3.05, 3.63) is 11.1 Å². The van der Waals surface area contributed by atoms with E-state index in [0.29, 0.717) is 50.5 Å². The van der Waals surface area contributed by atoms with Gasteiger partial charge in [-0.3, -0.25) is 4.79 Å². The predicted molar refractivity (Wildman–Crippen MR) is 192 cm³/mol. The number of carbonyl (C=O) groups is 1. The molecular weight excluding hydrogens is 632 g/mol. The lowest BCUT2D eigenvalue weighted by molar-refractivity contribution is -0.200. The molecular formula is C41H68N2O7. The standard InChI is InChI=1S/C41H68N2O7/c1-5-6-7-8-9-25-22-50-36(23(25)2)37(47)39(4,48)32-18-26-11-12-27-34-28(15-16-38(32,3)41(26,34)49)40(17-14-24-10-13-33(42)43-21-24)20-31(45)30(44)19-29(40)35(27)46/h23-26,28-33,36-37,43-45,47-49H,5-22,42H2,1-4H3. The second-order valence-electron chi connectivity index (χ2n) is 18.8. The van der Waals surface area contributed by atoms with Crippen LogP contribution in [0.1, 0.15) is 130 Å². The molecule has 0 aromatic rings. The minimum Gasteiger partial charge on any atom is -0.390 e. The van der Waals surface area contributed by atoms with E-state index in [1.807, 2.05) is 0 Å². The third kappa shape index (κ3) is 5.65. The Kier molecular flexibility index (Phi) is 10.3. The molecule has 2 heterocycles. The molecule has 0 amide bonds. The monoisotopic (exact) mass is 701 g/mol. The molecule has 8 N–H and O–H groups in total. The Hall–Kier alpha value is -0.910. The Morgan fingerprint density at radius 1 is 1.06 bits per heavy atom. The van der Waals surface area contributed by atoms with Crippen molar-refractivity contribution in [1.29, 1.82) is 0 Å². The highest BCUT2D eigenvalue weighted by Gasteiger charge is 2.74. The molecule has 3 saturated carbocycles. The molecule has 0 spiro atoms. The number of allylic oxidation sites excluding steroid dienone is 1. The molecule has 7 rings (SSSR count). The Labute approximate surface area is 300 Å². The zero-order valence-electron chi connectivity index (χ0n) is 31.3. The topological polar surface area (TPSA) is 165 Å². The molecule has 50 heavy (non-hydrogen) atoms. The summed E-state index contributed by atoms with van der Waals surface area (Å²) in [6.45, 7) is 9.70. The van der Waals surface area contributed by atoms with Crippen LogP contribution < -0.4 is 11.1 Å². The maximum atomic E-state index is 14.7. The van der Waals surface area contributed by atoms with Gasteiger partial charge < -0.3 is 41.3 Å². The van der Waals surface area contributed by atoms with Crippen LogP contribution >= 0.6 is 0 Å². The third-order valence-electron chi connectivity index (χ3n) is 16.4. The van der Waals surface area contributed by atoms with Crippen LogP contribution in [0.15, 0.2) is 11.1 Å². The summed E-state index contributed by atoms with van der Waals surface area (Å²) in [6, 6.07) is 0. The van der Waals surface area contributed by atoms with E-state index in [-0.39, 0.29) is 48.0 Å². The van der Waals surface area contributed by atoms with Crippen molar-refractivity contribution in [2.24, 2.45) is 58.0 Å². The predicted octanol–water partition coefficient (Wildman–Crippen LogP) is 4.36. The summed E-state index contributed by atoms with van der Waals surface area (Å²) < 4.78 is 6.29. The highest BCUT2D eigenvalue weighted by molar-refractivity contribution is 6.00. The van der Waals surface area contributed by atoms with Crippen LogP contribution in [-0.2, 0) is 9.53 Å². The van der Waals surface area contributed by atoms with Gasteiger partial charge in [0.1, 0.15) is 6.10 Å². The first-order valence-corrected chi connectivity index (χ1v) is 20.6. The number of rotatable bonds is 11. The number of ether oxygens (including phenoxy) is 1. The van der Waals surface area contributed by atoms with Crippen molar-refractivity contribution in [3.8, 4) is 0 Å². The smallest absolute Gasteiger partial charge is 0.162 e. The number of hydrogen-bond acceptors (Lipinski definition) is 9. The van der Waals surface area contributed by atoms with E-state index in [4.69, 9.17) is 10.5 Å². The lowest BCUT2D eigenvalue weighted by Gasteiger charge is -2.64. The SMILES string of the molecule is CCCCCCC1COC(C(O)C(C)(O)C2CC3CCC4=C5C(CCC2(C)C53O)C2(CCC3CCC(N)NC3)CC(O)C(O)CC2C4=O)C1C. The van der Waals surface area contributed by atoms with E-state index in [2.05, 4.69) is 26.1 Å². The lowest BCUT2D eigenvalue weighted by atomic mass is 9.41. The van der Waals surface area contributed by atoms with E-state index in [1.165, 1.54) is 19.3 Å². The van der Waals surface area contributed by atoms with Gasteiger partial charge in [-0.2, -0.15) is 0 Å². The Morgan fingerprint density at radius 2 is 1.84 bits per heavy atom. The van der Waals surface area contributed by atoms with E-state index in [1.54, 1.807) is 6.92 Å². The maximum Gasteiger partial charge on any atom is 0.162 e. The molecule has 2 saturated heterocycles. The Bertz CT molecular complexity index is 1300. The van der Waals surface area contributed by atoms with Crippen molar-refractivity contribution in [3.63, 3.8) is 0 Å². The molecule has 0 aromatic heterocycles. The van der Waals surface area contributed by atoms with Crippen LogP contribution in [0.25, 0.3) is 0 Å². The number of aliphatic hydroxyl groups is 5. The fourth-order valence-corrected chi connectivity index (χ4v) is 13.4. The summed E-state index contributed by atoms with van der Waals surface area (Å²) >= 11 is 0. The molecule has 0 aromatic carbocycles. The van der Waals surface area contributed by atoms with Gasteiger partial charge in [-0.1, -0.05) is 46.5 Å². The summed E-state index contributed by atoms with van der Waals surface area (Å²) in [5.41, 5.74) is 3.73. The number of fused-ring (bicyclic) bond motifs is 2. The third-order valence-corrected chi connectivity index (χ3v) is 16.4. The number of nitrogens with one attached hydrogen (secondary N) is 1. The number of nitrogens with two attached hydrogens (primary N) is 1. The molecule has 2 aliphatic heterocycles. The van der Waals surface area contributed by atoms with E-state index >= 15 is 0 Å². The quantitative estimate of drug-likeness (QED) is 0.155. The Balaban J connectivity index is 1.19. The van der Waals surface area contributed by atoms with Crippen LogP contribution in [0, 0.1) is 52.3 Å². The van der Waals surface area contributed by atoms with Crippen LogP contribution in [0.2, 0.25) is 0 Å². The molecule has 0 bridgehead atoms. The van der Waals surface area contributed by atoms with Crippen molar-refractivity contribution in [2.75, 3.05) is 13.2 Å².